The van der Waals surface area contributed by atoms with Crippen LogP contribution in [0.2, 0.25) is 10.0 Å². The van der Waals surface area contributed by atoms with Gasteiger partial charge in [-0.15, -0.1) is 0 Å². The number of carbonyl (C=O) groups excluding carboxylic acids is 2. The van der Waals surface area contributed by atoms with Crippen molar-refractivity contribution in [2.24, 2.45) is 0 Å². The standard InChI is InChI=1S/C26H16BrCl2NO4/c1-13-3-2-4-14(7-13)23-22(24(31)21-9-15-8-16(27)5-6-20(15)34-21)25(32)26(33)30(23)19-11-17(28)10-18(29)12-19/h2-12,23,32H,1H3. The number of aryl methyl sites for hydroxylation is 1. The second kappa shape index (κ2) is 8.62. The Balaban J connectivity index is 1.68. The number of amides is 1. The third kappa shape index (κ3) is 3.92. The number of aliphatic hydroxyl groups excluding tert-OH is 1. The zero-order valence-corrected chi connectivity index (χ0v) is 20.8. The monoisotopic (exact) mass is 555 g/mol. The molecule has 1 N–H and O–H groups in total. The lowest BCUT2D eigenvalue weighted by Gasteiger charge is -2.27. The molecule has 0 bridgehead atoms. The maximum absolute atomic E-state index is 13.7. The van der Waals surface area contributed by atoms with Crippen molar-refractivity contribution >= 4 is 67.5 Å². The first-order chi connectivity index (χ1) is 16.2. The summed E-state index contributed by atoms with van der Waals surface area (Å²) in [5, 5.41) is 12.3. The number of fused-ring (bicyclic) bond motifs is 1. The van der Waals surface area contributed by atoms with Crippen molar-refractivity contribution in [3.63, 3.8) is 0 Å². The number of Topliss-reactive ketones (excluding diaryl/α,β-unsaturated/α-hetero) is 1. The van der Waals surface area contributed by atoms with Crippen molar-refractivity contribution in [3.05, 3.63) is 109 Å². The molecule has 5 rings (SSSR count). The van der Waals surface area contributed by atoms with Gasteiger partial charge in [-0.05, 0) is 55.0 Å². The Bertz CT molecular complexity index is 1500. The molecule has 3 aromatic carbocycles. The Morgan fingerprint density at radius 2 is 1.76 bits per heavy atom. The van der Waals surface area contributed by atoms with Gasteiger partial charge in [-0.3, -0.25) is 14.5 Å². The Hall–Kier alpha value is -3.06. The van der Waals surface area contributed by atoms with Crippen LogP contribution in [0.25, 0.3) is 11.0 Å². The molecule has 0 saturated carbocycles. The molecule has 5 nitrogen and oxygen atoms in total. The summed E-state index contributed by atoms with van der Waals surface area (Å²) in [6.07, 6.45) is 0. The third-order valence-electron chi connectivity index (χ3n) is 5.64. The van der Waals surface area contributed by atoms with Gasteiger partial charge in [-0.25, -0.2) is 0 Å². The molecule has 0 radical (unpaired) electrons. The van der Waals surface area contributed by atoms with Crippen LogP contribution in [0, 0.1) is 6.92 Å². The van der Waals surface area contributed by atoms with E-state index in [1.165, 1.54) is 4.90 Å². The number of hydrogen-bond acceptors (Lipinski definition) is 4. The molecule has 1 amide bonds. The molecule has 2 heterocycles. The van der Waals surface area contributed by atoms with E-state index < -0.39 is 23.5 Å². The highest BCUT2D eigenvalue weighted by molar-refractivity contribution is 9.10. The highest BCUT2D eigenvalue weighted by Crippen LogP contribution is 2.43. The van der Waals surface area contributed by atoms with Crippen LogP contribution in [0.15, 0.2) is 87.0 Å². The molecular weight excluding hydrogens is 541 g/mol. The minimum absolute atomic E-state index is 0.0195. The highest BCUT2D eigenvalue weighted by Gasteiger charge is 2.45. The molecule has 0 saturated heterocycles. The first kappa shape index (κ1) is 22.7. The van der Waals surface area contributed by atoms with Crippen molar-refractivity contribution in [1.82, 2.24) is 0 Å². The lowest BCUT2D eigenvalue weighted by Crippen LogP contribution is -2.31. The number of hydrogen-bond donors (Lipinski definition) is 1. The van der Waals surface area contributed by atoms with E-state index in [2.05, 4.69) is 15.9 Å². The summed E-state index contributed by atoms with van der Waals surface area (Å²) in [5.74, 6) is -1.94. The van der Waals surface area contributed by atoms with Crippen LogP contribution in [0.3, 0.4) is 0 Å². The largest absolute Gasteiger partial charge is 0.503 e. The molecule has 1 aliphatic rings. The fraction of sp³-hybridized carbons (Fsp3) is 0.0769. The molecule has 4 aromatic rings. The smallest absolute Gasteiger partial charge is 0.294 e. The summed E-state index contributed by atoms with van der Waals surface area (Å²) in [6.45, 7) is 1.91. The van der Waals surface area contributed by atoms with Gasteiger partial charge in [0.25, 0.3) is 5.91 Å². The van der Waals surface area contributed by atoms with Gasteiger partial charge in [-0.2, -0.15) is 0 Å². The number of rotatable bonds is 4. The minimum Gasteiger partial charge on any atom is -0.503 e. The van der Waals surface area contributed by atoms with Crippen LogP contribution in [0.1, 0.15) is 27.7 Å². The maximum Gasteiger partial charge on any atom is 0.294 e. The predicted molar refractivity (Wildman–Crippen MR) is 136 cm³/mol. The lowest BCUT2D eigenvalue weighted by atomic mass is 9.94. The summed E-state index contributed by atoms with van der Waals surface area (Å²) in [4.78, 5) is 28.3. The third-order valence-corrected chi connectivity index (χ3v) is 6.57. The predicted octanol–water partition coefficient (Wildman–Crippen LogP) is 7.59. The fourth-order valence-electron chi connectivity index (χ4n) is 4.20. The fourth-order valence-corrected chi connectivity index (χ4v) is 5.09. The van der Waals surface area contributed by atoms with E-state index in [-0.39, 0.29) is 11.3 Å². The van der Waals surface area contributed by atoms with Crippen LogP contribution >= 0.6 is 39.1 Å². The van der Waals surface area contributed by atoms with Gasteiger partial charge >= 0.3 is 0 Å². The zero-order chi connectivity index (χ0) is 24.1. The molecule has 8 heteroatoms. The summed E-state index contributed by atoms with van der Waals surface area (Å²) >= 11 is 15.8. The van der Waals surface area contributed by atoms with Crippen molar-refractivity contribution < 1.29 is 19.1 Å². The van der Waals surface area contributed by atoms with Crippen molar-refractivity contribution in [3.8, 4) is 0 Å². The Morgan fingerprint density at radius 3 is 2.47 bits per heavy atom. The van der Waals surface area contributed by atoms with E-state index in [1.807, 2.05) is 31.2 Å². The van der Waals surface area contributed by atoms with Crippen LogP contribution in [-0.2, 0) is 4.79 Å². The number of halogens is 3. The number of ketones is 1. The SMILES string of the molecule is Cc1cccc(C2C(C(=O)c3cc4cc(Br)ccc4o3)=C(O)C(=O)N2c2cc(Cl)cc(Cl)c2)c1. The second-order valence-corrected chi connectivity index (χ2v) is 9.79. The molecule has 170 valence electrons. The average molecular weight is 557 g/mol. The molecule has 0 fully saturated rings. The van der Waals surface area contributed by atoms with Gasteiger partial charge in [0.1, 0.15) is 5.58 Å². The molecule has 1 aromatic heterocycles. The quantitative estimate of drug-likeness (QED) is 0.263. The van der Waals surface area contributed by atoms with Crippen LogP contribution in [-0.4, -0.2) is 16.8 Å². The lowest BCUT2D eigenvalue weighted by molar-refractivity contribution is -0.117. The van der Waals surface area contributed by atoms with Gasteiger partial charge in [-0.1, -0.05) is 69.0 Å². The molecule has 0 spiro atoms. The number of aliphatic hydroxyl groups is 1. The Labute approximate surface area is 213 Å². The van der Waals surface area contributed by atoms with Crippen molar-refractivity contribution in [2.75, 3.05) is 4.90 Å². The first-order valence-electron chi connectivity index (χ1n) is 10.3. The molecule has 34 heavy (non-hydrogen) atoms. The summed E-state index contributed by atoms with van der Waals surface area (Å²) in [5.41, 5.74) is 2.37. The van der Waals surface area contributed by atoms with Crippen molar-refractivity contribution in [1.29, 1.82) is 0 Å². The number of carbonyl (C=O) groups is 2. The van der Waals surface area contributed by atoms with Crippen LogP contribution in [0.5, 0.6) is 0 Å². The number of benzene rings is 3. The molecule has 1 atom stereocenters. The van der Waals surface area contributed by atoms with Crippen molar-refractivity contribution in [2.45, 2.75) is 13.0 Å². The van der Waals surface area contributed by atoms with Gasteiger partial charge < -0.3 is 9.52 Å². The number of anilines is 1. The van der Waals surface area contributed by atoms with E-state index >= 15 is 0 Å². The van der Waals surface area contributed by atoms with Gasteiger partial charge in [0, 0.05) is 25.6 Å². The van der Waals surface area contributed by atoms with E-state index in [4.69, 9.17) is 27.6 Å². The molecule has 1 unspecified atom stereocenters. The van der Waals surface area contributed by atoms with Crippen LogP contribution < -0.4 is 4.90 Å². The summed E-state index contributed by atoms with van der Waals surface area (Å²) < 4.78 is 6.61. The van der Waals surface area contributed by atoms with E-state index in [0.29, 0.717) is 32.3 Å². The molecule has 1 aliphatic heterocycles. The zero-order valence-electron chi connectivity index (χ0n) is 17.7. The number of nitrogens with zero attached hydrogens (tertiary/aromatic N) is 1. The molecular formula is C26H16BrCl2NO4. The Morgan fingerprint density at radius 1 is 1.03 bits per heavy atom. The topological polar surface area (TPSA) is 70.7 Å². The van der Waals surface area contributed by atoms with E-state index in [0.717, 1.165) is 10.0 Å². The average Bonchev–Trinajstić information content (AvgIpc) is 3.31. The maximum atomic E-state index is 13.7. The Kier molecular flexibility index (Phi) is 5.76. The summed E-state index contributed by atoms with van der Waals surface area (Å²) in [7, 11) is 0. The minimum atomic E-state index is -0.908. The highest BCUT2D eigenvalue weighted by atomic mass is 79.9. The van der Waals surface area contributed by atoms with Gasteiger partial charge in [0.05, 0.1) is 11.6 Å². The van der Waals surface area contributed by atoms with Gasteiger partial charge in [0.2, 0.25) is 5.78 Å². The first-order valence-corrected chi connectivity index (χ1v) is 11.8. The van der Waals surface area contributed by atoms with Crippen LogP contribution in [0.4, 0.5) is 5.69 Å². The normalized spacial score (nSPS) is 16.1. The number of furan rings is 1. The van der Waals surface area contributed by atoms with Gasteiger partial charge in [0.15, 0.2) is 11.5 Å². The molecule has 0 aliphatic carbocycles. The van der Waals surface area contributed by atoms with E-state index in [1.54, 1.807) is 42.5 Å². The second-order valence-electron chi connectivity index (χ2n) is 8.00. The van der Waals surface area contributed by atoms with E-state index in [9.17, 15) is 14.7 Å². The summed E-state index contributed by atoms with van der Waals surface area (Å²) in [6, 6.07) is 18.1.